The molecular weight excluding hydrogens is 418 g/mol. The molecule has 0 saturated carbocycles. The van der Waals surface area contributed by atoms with Crippen LogP contribution < -0.4 is 5.32 Å². The van der Waals surface area contributed by atoms with E-state index in [9.17, 15) is 26.3 Å². The van der Waals surface area contributed by atoms with Crippen LogP contribution in [-0.2, 0) is 6.18 Å². The van der Waals surface area contributed by atoms with E-state index in [0.717, 1.165) is 12.1 Å². The number of piperazine rings is 1. The first-order chi connectivity index (χ1) is 13.1. The minimum absolute atomic E-state index is 0. The maximum absolute atomic E-state index is 13.1. The van der Waals surface area contributed by atoms with Crippen LogP contribution in [0.25, 0.3) is 11.1 Å². The number of halogens is 7. The summed E-state index contributed by atoms with van der Waals surface area (Å²) in [5.41, 5.74) is 1.05. The molecule has 0 radical (unpaired) electrons. The number of rotatable bonds is 4. The highest BCUT2D eigenvalue weighted by Crippen LogP contribution is 2.35. The lowest BCUT2D eigenvalue weighted by Gasteiger charge is -2.35. The predicted octanol–water partition coefficient (Wildman–Crippen LogP) is 5.69. The highest BCUT2D eigenvalue weighted by atomic mass is 35.5. The van der Waals surface area contributed by atoms with E-state index in [1.807, 2.05) is 4.90 Å². The zero-order chi connectivity index (χ0) is 20.4. The van der Waals surface area contributed by atoms with Crippen molar-refractivity contribution in [3.63, 3.8) is 0 Å². The Hall–Kier alpha value is -1.77. The first-order valence-electron chi connectivity index (χ1n) is 8.92. The van der Waals surface area contributed by atoms with Gasteiger partial charge in [-0.3, -0.25) is 4.90 Å². The molecule has 1 N–H and O–H groups in total. The Morgan fingerprint density at radius 3 is 1.72 bits per heavy atom. The van der Waals surface area contributed by atoms with E-state index in [1.165, 1.54) is 12.1 Å². The van der Waals surface area contributed by atoms with Gasteiger partial charge in [-0.15, -0.1) is 12.4 Å². The first-order valence-corrected chi connectivity index (χ1v) is 8.92. The van der Waals surface area contributed by atoms with E-state index in [1.54, 1.807) is 24.3 Å². The lowest BCUT2D eigenvalue weighted by Crippen LogP contribution is -2.46. The van der Waals surface area contributed by atoms with Crippen LogP contribution in [0.2, 0.25) is 0 Å². The third-order valence-corrected chi connectivity index (χ3v) is 4.86. The van der Waals surface area contributed by atoms with Gasteiger partial charge in [-0.2, -0.15) is 26.3 Å². The zero-order valence-electron chi connectivity index (χ0n) is 15.4. The van der Waals surface area contributed by atoms with Gasteiger partial charge in [0.25, 0.3) is 0 Å². The van der Waals surface area contributed by atoms with Crippen molar-refractivity contribution < 1.29 is 26.3 Å². The van der Waals surface area contributed by atoms with Gasteiger partial charge in [-0.25, -0.2) is 0 Å². The molecule has 0 unspecified atom stereocenters. The molecule has 3 rings (SSSR count). The highest BCUT2D eigenvalue weighted by Gasteiger charge is 2.36. The Labute approximate surface area is 171 Å². The number of nitrogens with one attached hydrogen (secondary N) is 1. The molecule has 160 valence electrons. The SMILES string of the molecule is Cl.FC(F)(F)C[C@H](c1ccc(-c2ccc(C(F)(F)F)cc2)cc1)N1CCNCC1. The molecule has 0 amide bonds. The van der Waals surface area contributed by atoms with Crippen LogP contribution in [0.3, 0.4) is 0 Å². The summed E-state index contributed by atoms with van der Waals surface area (Å²) in [6, 6.07) is 10.5. The van der Waals surface area contributed by atoms with Crippen molar-refractivity contribution in [3.05, 3.63) is 59.7 Å². The Morgan fingerprint density at radius 2 is 1.28 bits per heavy atom. The number of hydrogen-bond acceptors (Lipinski definition) is 2. The van der Waals surface area contributed by atoms with Crippen molar-refractivity contribution in [3.8, 4) is 11.1 Å². The molecule has 0 bridgehead atoms. The average molecular weight is 439 g/mol. The van der Waals surface area contributed by atoms with Crippen LogP contribution in [-0.4, -0.2) is 37.3 Å². The van der Waals surface area contributed by atoms with Crippen LogP contribution in [0.4, 0.5) is 26.3 Å². The number of hydrogen-bond donors (Lipinski definition) is 1. The summed E-state index contributed by atoms with van der Waals surface area (Å²) in [5, 5.41) is 3.13. The summed E-state index contributed by atoms with van der Waals surface area (Å²) in [6.45, 7) is 2.33. The number of nitrogens with zero attached hydrogens (tertiary/aromatic N) is 1. The van der Waals surface area contributed by atoms with Gasteiger partial charge >= 0.3 is 12.4 Å². The second-order valence-corrected chi connectivity index (χ2v) is 6.82. The van der Waals surface area contributed by atoms with Gasteiger partial charge in [0.15, 0.2) is 0 Å². The standard InChI is InChI=1S/C20H20F6N2.ClH/c21-19(22,23)13-18(28-11-9-27-10-12-28)16-3-1-14(2-4-16)15-5-7-17(8-6-15)20(24,25)26;/h1-8,18,27H,9-13H2;1H/t18-;/m1./s1. The molecule has 1 fully saturated rings. The summed E-state index contributed by atoms with van der Waals surface area (Å²) >= 11 is 0. The van der Waals surface area contributed by atoms with E-state index in [0.29, 0.717) is 42.9 Å². The van der Waals surface area contributed by atoms with Gasteiger partial charge in [0.2, 0.25) is 0 Å². The van der Waals surface area contributed by atoms with E-state index >= 15 is 0 Å². The third kappa shape index (κ3) is 6.35. The van der Waals surface area contributed by atoms with E-state index in [4.69, 9.17) is 0 Å². The molecule has 1 heterocycles. The van der Waals surface area contributed by atoms with Crippen LogP contribution in [0, 0.1) is 0 Å². The van der Waals surface area contributed by atoms with Gasteiger partial charge in [0.05, 0.1) is 12.0 Å². The molecule has 2 nitrogen and oxygen atoms in total. The molecule has 1 atom stereocenters. The van der Waals surface area contributed by atoms with Crippen LogP contribution in [0.1, 0.15) is 23.6 Å². The lowest BCUT2D eigenvalue weighted by molar-refractivity contribution is -0.148. The van der Waals surface area contributed by atoms with Crippen LogP contribution in [0.15, 0.2) is 48.5 Å². The summed E-state index contributed by atoms with van der Waals surface area (Å²) in [7, 11) is 0. The van der Waals surface area contributed by atoms with Crippen molar-refractivity contribution in [2.45, 2.75) is 24.8 Å². The summed E-state index contributed by atoms with van der Waals surface area (Å²) in [5.74, 6) is 0. The quantitative estimate of drug-likeness (QED) is 0.617. The molecule has 2 aromatic rings. The molecule has 0 aliphatic carbocycles. The smallest absolute Gasteiger partial charge is 0.314 e. The normalized spacial score (nSPS) is 16.9. The topological polar surface area (TPSA) is 15.3 Å². The Bertz CT molecular complexity index is 766. The Balaban J connectivity index is 0.00000300. The number of alkyl halides is 6. The minimum Gasteiger partial charge on any atom is -0.314 e. The highest BCUT2D eigenvalue weighted by molar-refractivity contribution is 5.85. The van der Waals surface area contributed by atoms with E-state index in [-0.39, 0.29) is 12.4 Å². The molecule has 9 heteroatoms. The van der Waals surface area contributed by atoms with Crippen molar-refractivity contribution in [1.82, 2.24) is 10.2 Å². The summed E-state index contributed by atoms with van der Waals surface area (Å²) in [4.78, 5) is 1.82. The Morgan fingerprint density at radius 1 is 0.793 bits per heavy atom. The first kappa shape index (κ1) is 23.5. The summed E-state index contributed by atoms with van der Waals surface area (Å²) < 4.78 is 77.3. The fraction of sp³-hybridized carbons (Fsp3) is 0.400. The van der Waals surface area contributed by atoms with Gasteiger partial charge < -0.3 is 5.32 Å². The molecule has 0 spiro atoms. The molecule has 29 heavy (non-hydrogen) atoms. The van der Waals surface area contributed by atoms with Gasteiger partial charge in [-0.1, -0.05) is 36.4 Å². The molecule has 2 aromatic carbocycles. The van der Waals surface area contributed by atoms with Gasteiger partial charge in [-0.05, 0) is 28.8 Å². The fourth-order valence-corrected chi connectivity index (χ4v) is 3.42. The predicted molar refractivity (Wildman–Crippen MR) is 102 cm³/mol. The molecular formula is C20H21ClF6N2. The average Bonchev–Trinajstić information content (AvgIpc) is 2.66. The minimum atomic E-state index is -4.41. The molecule has 1 aliphatic heterocycles. The summed E-state index contributed by atoms with van der Waals surface area (Å²) in [6.07, 6.45) is -9.63. The third-order valence-electron chi connectivity index (χ3n) is 4.86. The second-order valence-electron chi connectivity index (χ2n) is 6.82. The zero-order valence-corrected chi connectivity index (χ0v) is 16.2. The fourth-order valence-electron chi connectivity index (χ4n) is 3.42. The number of benzene rings is 2. The van der Waals surface area contributed by atoms with Crippen LogP contribution >= 0.6 is 12.4 Å². The maximum Gasteiger partial charge on any atom is 0.416 e. The molecule has 1 saturated heterocycles. The van der Waals surface area contributed by atoms with Gasteiger partial charge in [0.1, 0.15) is 0 Å². The van der Waals surface area contributed by atoms with E-state index in [2.05, 4.69) is 5.32 Å². The van der Waals surface area contributed by atoms with Crippen LogP contribution in [0.5, 0.6) is 0 Å². The largest absolute Gasteiger partial charge is 0.416 e. The molecule has 1 aliphatic rings. The van der Waals surface area contributed by atoms with Gasteiger partial charge in [0, 0.05) is 32.2 Å². The van der Waals surface area contributed by atoms with Crippen molar-refractivity contribution >= 4 is 12.4 Å². The second kappa shape index (κ2) is 9.36. The van der Waals surface area contributed by atoms with Crippen molar-refractivity contribution in [1.29, 1.82) is 0 Å². The van der Waals surface area contributed by atoms with Crippen molar-refractivity contribution in [2.75, 3.05) is 26.2 Å². The van der Waals surface area contributed by atoms with Crippen molar-refractivity contribution in [2.24, 2.45) is 0 Å². The molecule has 0 aromatic heterocycles. The monoisotopic (exact) mass is 438 g/mol. The lowest BCUT2D eigenvalue weighted by atomic mass is 9.97. The van der Waals surface area contributed by atoms with E-state index < -0.39 is 30.4 Å². The Kier molecular flexibility index (Phi) is 7.59. The maximum atomic E-state index is 13.1.